The van der Waals surface area contributed by atoms with E-state index in [9.17, 15) is 4.79 Å². The van der Waals surface area contributed by atoms with Crippen LogP contribution in [0.2, 0.25) is 5.02 Å². The van der Waals surface area contributed by atoms with E-state index in [2.05, 4.69) is 22.4 Å². The predicted molar refractivity (Wildman–Crippen MR) is 104 cm³/mol. The number of hydrogen-bond acceptors (Lipinski definition) is 3. The van der Waals surface area contributed by atoms with E-state index in [1.165, 1.54) is 0 Å². The minimum absolute atomic E-state index is 0.217. The number of methoxy groups -OCH3 is 1. The van der Waals surface area contributed by atoms with Crippen molar-refractivity contribution in [1.82, 2.24) is 10.2 Å². The van der Waals surface area contributed by atoms with E-state index in [4.69, 9.17) is 16.3 Å². The lowest BCUT2D eigenvalue weighted by Crippen LogP contribution is -2.13. The van der Waals surface area contributed by atoms with Crippen LogP contribution < -0.4 is 10.1 Å². The summed E-state index contributed by atoms with van der Waals surface area (Å²) >= 11 is 6.11. The number of rotatable bonds is 6. The monoisotopic (exact) mass is 369 g/mol. The zero-order valence-electron chi connectivity index (χ0n) is 14.7. The molecule has 1 heterocycles. The van der Waals surface area contributed by atoms with Crippen LogP contribution in [0.15, 0.2) is 48.5 Å². The van der Waals surface area contributed by atoms with Crippen LogP contribution in [-0.4, -0.2) is 23.2 Å². The lowest BCUT2D eigenvalue weighted by molar-refractivity contribution is 0.102. The maximum Gasteiger partial charge on any atom is 0.255 e. The van der Waals surface area contributed by atoms with Crippen molar-refractivity contribution in [1.29, 1.82) is 0 Å². The molecule has 0 aliphatic rings. The van der Waals surface area contributed by atoms with Crippen molar-refractivity contribution in [2.75, 3.05) is 12.4 Å². The molecule has 134 valence electrons. The Morgan fingerprint density at radius 3 is 2.77 bits per heavy atom. The molecule has 6 heteroatoms. The van der Waals surface area contributed by atoms with Crippen LogP contribution in [0.1, 0.15) is 29.4 Å². The number of nitrogens with zero attached hydrogens (tertiary/aromatic N) is 1. The van der Waals surface area contributed by atoms with Crippen LogP contribution >= 0.6 is 11.6 Å². The van der Waals surface area contributed by atoms with E-state index in [0.717, 1.165) is 24.1 Å². The van der Waals surface area contributed by atoms with Gasteiger partial charge in [-0.05, 0) is 36.8 Å². The van der Waals surface area contributed by atoms with Crippen molar-refractivity contribution in [2.24, 2.45) is 0 Å². The van der Waals surface area contributed by atoms with Gasteiger partial charge in [-0.15, -0.1) is 0 Å². The average Bonchev–Trinajstić information content (AvgIpc) is 3.04. The van der Waals surface area contributed by atoms with Crippen molar-refractivity contribution in [2.45, 2.75) is 19.8 Å². The van der Waals surface area contributed by atoms with Gasteiger partial charge in [0.2, 0.25) is 0 Å². The molecule has 2 aromatic carbocycles. The number of amides is 1. The second-order valence-electron chi connectivity index (χ2n) is 5.87. The Bertz CT molecular complexity index is 921. The number of halogens is 1. The third-order valence-electron chi connectivity index (χ3n) is 4.01. The SMILES string of the molecule is CCCc1[nH]nc(-c2cccc(Cl)c2)c1NC(=O)c1cccc(OC)c1. The highest BCUT2D eigenvalue weighted by molar-refractivity contribution is 6.30. The van der Waals surface area contributed by atoms with Gasteiger partial charge in [-0.1, -0.05) is 43.1 Å². The minimum Gasteiger partial charge on any atom is -0.497 e. The standard InChI is InChI=1S/C20H20ClN3O2/c1-3-6-17-19(18(24-23-17)13-7-4-9-15(21)11-13)22-20(25)14-8-5-10-16(12-14)26-2/h4-5,7-12H,3,6H2,1-2H3,(H,22,25)(H,23,24). The molecule has 3 aromatic rings. The zero-order chi connectivity index (χ0) is 18.5. The summed E-state index contributed by atoms with van der Waals surface area (Å²) in [7, 11) is 1.57. The number of benzene rings is 2. The smallest absolute Gasteiger partial charge is 0.255 e. The van der Waals surface area contributed by atoms with E-state index >= 15 is 0 Å². The molecule has 1 amide bonds. The molecule has 26 heavy (non-hydrogen) atoms. The van der Waals surface area contributed by atoms with Crippen molar-refractivity contribution in [3.8, 4) is 17.0 Å². The largest absolute Gasteiger partial charge is 0.497 e. The Balaban J connectivity index is 1.97. The fourth-order valence-corrected chi connectivity index (χ4v) is 2.93. The Morgan fingerprint density at radius 2 is 2.04 bits per heavy atom. The summed E-state index contributed by atoms with van der Waals surface area (Å²) in [5, 5.41) is 11.1. The molecule has 0 atom stereocenters. The quantitative estimate of drug-likeness (QED) is 0.646. The van der Waals surface area contributed by atoms with Gasteiger partial charge in [0.05, 0.1) is 18.5 Å². The molecule has 0 aliphatic heterocycles. The molecule has 0 aliphatic carbocycles. The Labute approximate surface area is 157 Å². The second-order valence-corrected chi connectivity index (χ2v) is 6.31. The average molecular weight is 370 g/mol. The van der Waals surface area contributed by atoms with Crippen LogP contribution in [0.4, 0.5) is 5.69 Å². The molecule has 2 N–H and O–H groups in total. The molecule has 1 aromatic heterocycles. The van der Waals surface area contributed by atoms with Gasteiger partial charge in [-0.25, -0.2) is 0 Å². The van der Waals surface area contributed by atoms with Crippen molar-refractivity contribution < 1.29 is 9.53 Å². The molecule has 5 nitrogen and oxygen atoms in total. The Kier molecular flexibility index (Phi) is 5.58. The fourth-order valence-electron chi connectivity index (χ4n) is 2.74. The summed E-state index contributed by atoms with van der Waals surface area (Å²) in [6.45, 7) is 2.08. The van der Waals surface area contributed by atoms with Gasteiger partial charge in [0, 0.05) is 16.1 Å². The molecule has 0 unspecified atom stereocenters. The number of aromatic amines is 1. The number of carbonyl (C=O) groups is 1. The first-order valence-corrected chi connectivity index (χ1v) is 8.78. The first-order chi connectivity index (χ1) is 12.6. The lowest BCUT2D eigenvalue weighted by Gasteiger charge is -2.09. The van der Waals surface area contributed by atoms with Gasteiger partial charge in [-0.2, -0.15) is 5.10 Å². The minimum atomic E-state index is -0.217. The number of hydrogen-bond donors (Lipinski definition) is 2. The van der Waals surface area contributed by atoms with E-state index < -0.39 is 0 Å². The topological polar surface area (TPSA) is 67.0 Å². The van der Waals surface area contributed by atoms with Gasteiger partial charge in [0.15, 0.2) is 0 Å². The van der Waals surface area contributed by atoms with E-state index in [-0.39, 0.29) is 5.91 Å². The van der Waals surface area contributed by atoms with Crippen LogP contribution in [0.3, 0.4) is 0 Å². The summed E-state index contributed by atoms with van der Waals surface area (Å²) in [5.41, 5.74) is 3.61. The fraction of sp³-hybridized carbons (Fsp3) is 0.200. The molecule has 3 rings (SSSR count). The van der Waals surface area contributed by atoms with Gasteiger partial charge < -0.3 is 10.1 Å². The number of aromatic nitrogens is 2. The van der Waals surface area contributed by atoms with E-state index in [1.54, 1.807) is 37.4 Å². The highest BCUT2D eigenvalue weighted by Crippen LogP contribution is 2.31. The second kappa shape index (κ2) is 8.06. The summed E-state index contributed by atoms with van der Waals surface area (Å²) in [6, 6.07) is 14.4. The molecule has 0 fully saturated rings. The number of anilines is 1. The first-order valence-electron chi connectivity index (χ1n) is 8.41. The normalized spacial score (nSPS) is 10.6. The van der Waals surface area contributed by atoms with Crippen molar-refractivity contribution in [3.63, 3.8) is 0 Å². The molecule has 0 radical (unpaired) electrons. The Hall–Kier alpha value is -2.79. The highest BCUT2D eigenvalue weighted by Gasteiger charge is 2.18. The van der Waals surface area contributed by atoms with Gasteiger partial charge >= 0.3 is 0 Å². The van der Waals surface area contributed by atoms with Crippen LogP contribution in [0.5, 0.6) is 5.75 Å². The number of carbonyl (C=O) groups excluding carboxylic acids is 1. The number of H-pyrrole nitrogens is 1. The van der Waals surface area contributed by atoms with Crippen LogP contribution in [-0.2, 0) is 6.42 Å². The van der Waals surface area contributed by atoms with Crippen molar-refractivity contribution >= 4 is 23.2 Å². The van der Waals surface area contributed by atoms with Crippen molar-refractivity contribution in [3.05, 3.63) is 64.8 Å². The van der Waals surface area contributed by atoms with Crippen LogP contribution in [0, 0.1) is 0 Å². The first kappa shape index (κ1) is 18.0. The van der Waals surface area contributed by atoms with Crippen LogP contribution in [0.25, 0.3) is 11.3 Å². The number of aryl methyl sites for hydroxylation is 1. The Morgan fingerprint density at radius 1 is 1.23 bits per heavy atom. The third-order valence-corrected chi connectivity index (χ3v) is 4.24. The number of nitrogens with one attached hydrogen (secondary N) is 2. The van der Waals surface area contributed by atoms with Gasteiger partial charge in [-0.3, -0.25) is 9.89 Å². The molecule has 0 saturated heterocycles. The van der Waals surface area contributed by atoms with E-state index in [1.807, 2.05) is 18.2 Å². The van der Waals surface area contributed by atoms with Gasteiger partial charge in [0.1, 0.15) is 11.4 Å². The molecular formula is C20H20ClN3O2. The highest BCUT2D eigenvalue weighted by atomic mass is 35.5. The maximum atomic E-state index is 12.8. The number of ether oxygens (including phenoxy) is 1. The van der Waals surface area contributed by atoms with Gasteiger partial charge in [0.25, 0.3) is 5.91 Å². The summed E-state index contributed by atoms with van der Waals surface area (Å²) < 4.78 is 5.20. The summed E-state index contributed by atoms with van der Waals surface area (Å²) in [6.07, 6.45) is 1.71. The molecule has 0 spiro atoms. The van der Waals surface area contributed by atoms with E-state index in [0.29, 0.717) is 27.7 Å². The molecule has 0 bridgehead atoms. The molecular weight excluding hydrogens is 350 g/mol. The lowest BCUT2D eigenvalue weighted by atomic mass is 10.1. The zero-order valence-corrected chi connectivity index (χ0v) is 15.4. The third kappa shape index (κ3) is 3.89. The molecule has 0 saturated carbocycles. The summed E-state index contributed by atoms with van der Waals surface area (Å²) in [4.78, 5) is 12.8. The predicted octanol–water partition coefficient (Wildman–Crippen LogP) is 4.94. The maximum absolute atomic E-state index is 12.8. The summed E-state index contributed by atoms with van der Waals surface area (Å²) in [5.74, 6) is 0.416.